The van der Waals surface area contributed by atoms with Crippen molar-refractivity contribution in [3.8, 4) is 11.5 Å². The molecule has 0 radical (unpaired) electrons. The van der Waals surface area contributed by atoms with Gasteiger partial charge < -0.3 is 25.9 Å². The minimum Gasteiger partial charge on any atom is -0.496 e. The number of nitrogens with zero attached hydrogens (tertiary/aromatic N) is 1. The molecule has 2 aromatic rings. The molecular formula is C15H21N5O3. The molecule has 0 saturated carbocycles. The Balaban J connectivity index is 2.38. The van der Waals surface area contributed by atoms with Crippen molar-refractivity contribution < 1.29 is 14.3 Å². The molecule has 0 atom stereocenters. The van der Waals surface area contributed by atoms with Crippen molar-refractivity contribution in [2.24, 2.45) is 16.5 Å². The van der Waals surface area contributed by atoms with Gasteiger partial charge in [0.25, 0.3) is 5.91 Å². The van der Waals surface area contributed by atoms with Crippen LogP contribution in [0.5, 0.6) is 11.5 Å². The number of aromatic amines is 1. The maximum absolute atomic E-state index is 12.2. The van der Waals surface area contributed by atoms with Crippen LogP contribution in [0.25, 0.3) is 10.9 Å². The number of amides is 1. The third kappa shape index (κ3) is 3.72. The summed E-state index contributed by atoms with van der Waals surface area (Å²) >= 11 is 0. The summed E-state index contributed by atoms with van der Waals surface area (Å²) in [6.45, 7) is 1.04. The fourth-order valence-corrected chi connectivity index (χ4v) is 2.09. The molecule has 0 fully saturated rings. The van der Waals surface area contributed by atoms with Crippen molar-refractivity contribution in [1.82, 2.24) is 10.3 Å². The van der Waals surface area contributed by atoms with Crippen LogP contribution in [0.4, 0.5) is 0 Å². The summed E-state index contributed by atoms with van der Waals surface area (Å²) in [5.74, 6) is 0.920. The number of nitrogens with one attached hydrogen (secondary N) is 2. The van der Waals surface area contributed by atoms with Gasteiger partial charge in [-0.3, -0.25) is 15.1 Å². The Bertz CT molecular complexity index is 723. The molecule has 0 spiro atoms. The number of aliphatic imine (C=N–C) groups is 1. The van der Waals surface area contributed by atoms with Crippen LogP contribution in [0, 0.1) is 0 Å². The number of hydrogen-bond acceptors (Lipinski definition) is 5. The van der Waals surface area contributed by atoms with Gasteiger partial charge in [0.2, 0.25) is 0 Å². The van der Waals surface area contributed by atoms with Gasteiger partial charge in [-0.2, -0.15) is 0 Å². The monoisotopic (exact) mass is 319 g/mol. The van der Waals surface area contributed by atoms with E-state index >= 15 is 0 Å². The number of fused-ring (bicyclic) bond motifs is 1. The lowest BCUT2D eigenvalue weighted by molar-refractivity contribution is 0.0972. The first-order valence-electron chi connectivity index (χ1n) is 7.17. The number of benzene rings is 1. The average Bonchev–Trinajstić information content (AvgIpc) is 3.00. The molecule has 0 aliphatic carbocycles. The summed E-state index contributed by atoms with van der Waals surface area (Å²) < 4.78 is 11.0. The van der Waals surface area contributed by atoms with E-state index in [9.17, 15) is 4.79 Å². The number of carbonyl (C=O) groups is 1. The lowest BCUT2D eigenvalue weighted by Gasteiger charge is -2.08. The molecule has 124 valence electrons. The second kappa shape index (κ2) is 7.50. The van der Waals surface area contributed by atoms with E-state index in [4.69, 9.17) is 20.9 Å². The molecular weight excluding hydrogens is 298 g/mol. The van der Waals surface area contributed by atoms with Crippen molar-refractivity contribution in [2.45, 2.75) is 6.42 Å². The number of hydrogen-bond donors (Lipinski definition) is 4. The van der Waals surface area contributed by atoms with E-state index < -0.39 is 0 Å². The van der Waals surface area contributed by atoms with Gasteiger partial charge in [0.05, 0.1) is 19.2 Å². The summed E-state index contributed by atoms with van der Waals surface area (Å²) in [5, 5.41) is 3.22. The maximum atomic E-state index is 12.2. The van der Waals surface area contributed by atoms with Crippen molar-refractivity contribution in [3.63, 3.8) is 0 Å². The molecule has 0 aliphatic rings. The molecule has 2 rings (SSSR count). The summed E-state index contributed by atoms with van der Waals surface area (Å²) in [5.41, 5.74) is 12.0. The summed E-state index contributed by atoms with van der Waals surface area (Å²) in [6, 6.07) is 5.26. The number of carbonyl (C=O) groups excluding carboxylic acids is 1. The van der Waals surface area contributed by atoms with E-state index in [2.05, 4.69) is 15.3 Å². The van der Waals surface area contributed by atoms with Crippen LogP contribution in [0.3, 0.4) is 0 Å². The topological polar surface area (TPSA) is 128 Å². The SMILES string of the molecule is CN=C(N)NC(=O)c1cc2c(OC)ccc(OCCCN)c2[nH]1. The highest BCUT2D eigenvalue weighted by atomic mass is 16.5. The summed E-state index contributed by atoms with van der Waals surface area (Å²) in [6.07, 6.45) is 0.741. The first-order valence-corrected chi connectivity index (χ1v) is 7.17. The number of rotatable bonds is 6. The van der Waals surface area contributed by atoms with Crippen molar-refractivity contribution in [1.29, 1.82) is 0 Å². The van der Waals surface area contributed by atoms with E-state index in [1.807, 2.05) is 0 Å². The van der Waals surface area contributed by atoms with Gasteiger partial charge in [-0.15, -0.1) is 0 Å². The predicted molar refractivity (Wildman–Crippen MR) is 89.0 cm³/mol. The van der Waals surface area contributed by atoms with Crippen LogP contribution in [0.2, 0.25) is 0 Å². The molecule has 0 saturated heterocycles. The van der Waals surface area contributed by atoms with Gasteiger partial charge in [-0.25, -0.2) is 0 Å². The molecule has 8 nitrogen and oxygen atoms in total. The molecule has 1 aromatic carbocycles. The van der Waals surface area contributed by atoms with Gasteiger partial charge in [-0.05, 0) is 31.2 Å². The molecule has 1 amide bonds. The van der Waals surface area contributed by atoms with E-state index in [1.54, 1.807) is 25.3 Å². The molecule has 0 bridgehead atoms. The van der Waals surface area contributed by atoms with E-state index in [1.165, 1.54) is 7.05 Å². The largest absolute Gasteiger partial charge is 0.496 e. The Kier molecular flexibility index (Phi) is 5.42. The van der Waals surface area contributed by atoms with E-state index in [0.717, 1.165) is 11.8 Å². The lowest BCUT2D eigenvalue weighted by atomic mass is 10.2. The first-order chi connectivity index (χ1) is 11.1. The van der Waals surface area contributed by atoms with Crippen LogP contribution < -0.4 is 26.3 Å². The van der Waals surface area contributed by atoms with Gasteiger partial charge in [0, 0.05) is 12.4 Å². The maximum Gasteiger partial charge on any atom is 0.274 e. The van der Waals surface area contributed by atoms with E-state index in [-0.39, 0.29) is 11.9 Å². The third-order valence-electron chi connectivity index (χ3n) is 3.27. The number of aromatic nitrogens is 1. The third-order valence-corrected chi connectivity index (χ3v) is 3.27. The minimum absolute atomic E-state index is 0.0417. The lowest BCUT2D eigenvalue weighted by Crippen LogP contribution is -2.36. The molecule has 8 heteroatoms. The standard InChI is InChI=1S/C15H21N5O3/c1-18-15(17)20-14(21)10-8-9-11(22-2)4-5-12(13(9)19-10)23-7-3-6-16/h4-5,8,19H,3,6-7,16H2,1-2H3,(H3,17,18,20,21). The minimum atomic E-state index is -0.390. The van der Waals surface area contributed by atoms with Crippen molar-refractivity contribution >= 4 is 22.8 Å². The predicted octanol–water partition coefficient (Wildman–Crippen LogP) is 0.578. The van der Waals surface area contributed by atoms with Crippen LogP contribution in [0.1, 0.15) is 16.9 Å². The number of ether oxygens (including phenoxy) is 2. The van der Waals surface area contributed by atoms with Crippen LogP contribution in [0.15, 0.2) is 23.2 Å². The average molecular weight is 319 g/mol. The highest BCUT2D eigenvalue weighted by molar-refractivity contribution is 6.07. The Hall–Kier alpha value is -2.74. The highest BCUT2D eigenvalue weighted by Crippen LogP contribution is 2.33. The van der Waals surface area contributed by atoms with Crippen LogP contribution in [-0.2, 0) is 0 Å². The second-order valence-electron chi connectivity index (χ2n) is 4.79. The zero-order chi connectivity index (χ0) is 16.8. The number of guanidine groups is 1. The molecule has 1 aromatic heterocycles. The molecule has 0 aliphatic heterocycles. The molecule has 23 heavy (non-hydrogen) atoms. The Morgan fingerprint density at radius 2 is 2.13 bits per heavy atom. The number of nitrogens with two attached hydrogens (primary N) is 2. The fourth-order valence-electron chi connectivity index (χ4n) is 2.09. The summed E-state index contributed by atoms with van der Waals surface area (Å²) in [4.78, 5) is 18.9. The normalized spacial score (nSPS) is 11.5. The van der Waals surface area contributed by atoms with Gasteiger partial charge in [0.1, 0.15) is 17.2 Å². The van der Waals surface area contributed by atoms with E-state index in [0.29, 0.717) is 35.9 Å². The second-order valence-corrected chi connectivity index (χ2v) is 4.79. The Labute approximate surface area is 133 Å². The fraction of sp³-hybridized carbons (Fsp3) is 0.333. The molecule has 1 heterocycles. The quantitative estimate of drug-likeness (QED) is 0.352. The number of methoxy groups -OCH3 is 1. The van der Waals surface area contributed by atoms with Crippen molar-refractivity contribution in [2.75, 3.05) is 27.3 Å². The van der Waals surface area contributed by atoms with Gasteiger partial charge in [-0.1, -0.05) is 0 Å². The number of H-pyrrole nitrogens is 1. The zero-order valence-corrected chi connectivity index (χ0v) is 13.2. The molecule has 6 N–H and O–H groups in total. The first kappa shape index (κ1) is 16.6. The van der Waals surface area contributed by atoms with Crippen LogP contribution in [-0.4, -0.2) is 44.2 Å². The Morgan fingerprint density at radius 3 is 2.78 bits per heavy atom. The summed E-state index contributed by atoms with van der Waals surface area (Å²) in [7, 11) is 3.06. The van der Waals surface area contributed by atoms with Gasteiger partial charge in [0.15, 0.2) is 5.96 Å². The zero-order valence-electron chi connectivity index (χ0n) is 13.2. The van der Waals surface area contributed by atoms with Crippen LogP contribution >= 0.6 is 0 Å². The smallest absolute Gasteiger partial charge is 0.274 e. The Morgan fingerprint density at radius 1 is 1.39 bits per heavy atom. The van der Waals surface area contributed by atoms with Gasteiger partial charge >= 0.3 is 0 Å². The molecule has 0 unspecified atom stereocenters. The van der Waals surface area contributed by atoms with Crippen molar-refractivity contribution in [3.05, 3.63) is 23.9 Å². The highest BCUT2D eigenvalue weighted by Gasteiger charge is 2.16.